The summed E-state index contributed by atoms with van der Waals surface area (Å²) in [4.78, 5) is 4.34. The molecule has 1 aromatic rings. The first kappa shape index (κ1) is 10.6. The summed E-state index contributed by atoms with van der Waals surface area (Å²) in [7, 11) is 2.05. The van der Waals surface area contributed by atoms with E-state index >= 15 is 0 Å². The zero-order valence-corrected chi connectivity index (χ0v) is 9.61. The van der Waals surface area contributed by atoms with Gasteiger partial charge in [0.15, 0.2) is 0 Å². The highest BCUT2D eigenvalue weighted by Gasteiger charge is 2.30. The average Bonchev–Trinajstić information content (AvgIpc) is 2.99. The Morgan fingerprint density at radius 1 is 1.60 bits per heavy atom. The van der Waals surface area contributed by atoms with Crippen LogP contribution < -0.4 is 5.32 Å². The number of nitrogens with zero attached hydrogens (tertiary/aromatic N) is 3. The average molecular weight is 208 g/mol. The number of nitrogens with one attached hydrogen (secondary N) is 1. The van der Waals surface area contributed by atoms with E-state index in [2.05, 4.69) is 22.3 Å². The van der Waals surface area contributed by atoms with Crippen LogP contribution in [0, 0.1) is 5.92 Å². The number of aryl methyl sites for hydroxylation is 1. The minimum atomic E-state index is 0.588. The third kappa shape index (κ3) is 2.56. The lowest BCUT2D eigenvalue weighted by atomic mass is 10.1. The molecule has 4 heteroatoms. The molecule has 1 aliphatic rings. The number of likely N-dealkylation sites (N-methyl/N-ethyl adjacent to an activating group) is 1. The van der Waals surface area contributed by atoms with Crippen molar-refractivity contribution in [2.45, 2.75) is 45.2 Å². The van der Waals surface area contributed by atoms with E-state index in [9.17, 15) is 0 Å². The van der Waals surface area contributed by atoms with Gasteiger partial charge < -0.3 is 5.32 Å². The van der Waals surface area contributed by atoms with Crippen LogP contribution in [-0.4, -0.2) is 27.9 Å². The van der Waals surface area contributed by atoms with Crippen molar-refractivity contribution in [3.8, 4) is 0 Å². The second kappa shape index (κ2) is 4.75. The van der Waals surface area contributed by atoms with Crippen LogP contribution in [0.25, 0.3) is 0 Å². The zero-order chi connectivity index (χ0) is 10.7. The van der Waals surface area contributed by atoms with Crippen LogP contribution >= 0.6 is 0 Å². The monoisotopic (exact) mass is 208 g/mol. The van der Waals surface area contributed by atoms with Crippen molar-refractivity contribution in [1.82, 2.24) is 20.1 Å². The molecule has 2 rings (SSSR count). The van der Waals surface area contributed by atoms with Crippen molar-refractivity contribution in [2.24, 2.45) is 5.92 Å². The summed E-state index contributed by atoms with van der Waals surface area (Å²) in [6, 6.07) is 0.588. The lowest BCUT2D eigenvalue weighted by molar-refractivity contribution is 0.466. The Balaban J connectivity index is 1.98. The molecule has 1 heterocycles. The van der Waals surface area contributed by atoms with Gasteiger partial charge in [-0.05, 0) is 32.2 Å². The zero-order valence-electron chi connectivity index (χ0n) is 9.61. The predicted octanol–water partition coefficient (Wildman–Crippen LogP) is 1.23. The van der Waals surface area contributed by atoms with Gasteiger partial charge in [0.1, 0.15) is 12.2 Å². The number of hydrogen-bond donors (Lipinski definition) is 1. The number of hydrogen-bond acceptors (Lipinski definition) is 3. The molecule has 0 spiro atoms. The van der Waals surface area contributed by atoms with Crippen molar-refractivity contribution < 1.29 is 0 Å². The molecule has 0 radical (unpaired) electrons. The summed E-state index contributed by atoms with van der Waals surface area (Å²) in [6.45, 7) is 3.15. The summed E-state index contributed by atoms with van der Waals surface area (Å²) < 4.78 is 2.03. The summed E-state index contributed by atoms with van der Waals surface area (Å²) in [5.41, 5.74) is 0. The highest BCUT2D eigenvalue weighted by Crippen LogP contribution is 2.33. The maximum absolute atomic E-state index is 4.34. The van der Waals surface area contributed by atoms with Crippen LogP contribution in [-0.2, 0) is 13.0 Å². The molecular formula is C11H20N4. The molecule has 15 heavy (non-hydrogen) atoms. The molecule has 0 amide bonds. The molecule has 1 fully saturated rings. The molecule has 0 aliphatic heterocycles. The number of aromatic nitrogens is 3. The van der Waals surface area contributed by atoms with E-state index in [4.69, 9.17) is 0 Å². The van der Waals surface area contributed by atoms with Crippen molar-refractivity contribution in [3.63, 3.8) is 0 Å². The quantitative estimate of drug-likeness (QED) is 0.764. The fourth-order valence-electron chi connectivity index (χ4n) is 2.04. The predicted molar refractivity (Wildman–Crippen MR) is 59.6 cm³/mol. The molecule has 0 bridgehead atoms. The highest BCUT2D eigenvalue weighted by atomic mass is 15.3. The molecule has 84 valence electrons. The topological polar surface area (TPSA) is 42.7 Å². The largest absolute Gasteiger partial charge is 0.316 e. The Morgan fingerprint density at radius 3 is 3.00 bits per heavy atom. The summed E-state index contributed by atoms with van der Waals surface area (Å²) >= 11 is 0. The van der Waals surface area contributed by atoms with Crippen LogP contribution in [0.1, 0.15) is 32.0 Å². The van der Waals surface area contributed by atoms with Gasteiger partial charge in [-0.15, -0.1) is 0 Å². The first-order chi connectivity index (χ1) is 7.35. The number of rotatable bonds is 6. The molecule has 4 nitrogen and oxygen atoms in total. The van der Waals surface area contributed by atoms with Crippen LogP contribution in [0.4, 0.5) is 0 Å². The Hall–Kier alpha value is -0.900. The van der Waals surface area contributed by atoms with E-state index in [1.54, 1.807) is 6.33 Å². The van der Waals surface area contributed by atoms with E-state index in [1.165, 1.54) is 12.8 Å². The van der Waals surface area contributed by atoms with Crippen molar-refractivity contribution in [1.29, 1.82) is 0 Å². The van der Waals surface area contributed by atoms with Crippen LogP contribution in [0.2, 0.25) is 0 Å². The molecule has 1 N–H and O–H groups in total. The summed E-state index contributed by atoms with van der Waals surface area (Å²) in [5.74, 6) is 1.99. The van der Waals surface area contributed by atoms with Crippen molar-refractivity contribution in [3.05, 3.63) is 12.2 Å². The van der Waals surface area contributed by atoms with Gasteiger partial charge in [0.05, 0.1) is 0 Å². The smallest absolute Gasteiger partial charge is 0.138 e. The Kier molecular flexibility index (Phi) is 3.36. The van der Waals surface area contributed by atoms with Gasteiger partial charge in [-0.2, -0.15) is 5.10 Å². The van der Waals surface area contributed by atoms with Gasteiger partial charge >= 0.3 is 0 Å². The van der Waals surface area contributed by atoms with Crippen molar-refractivity contribution in [2.75, 3.05) is 7.05 Å². The maximum atomic E-state index is 4.34. The second-order valence-corrected chi connectivity index (χ2v) is 4.34. The lowest BCUT2D eigenvalue weighted by Gasteiger charge is -2.14. The highest BCUT2D eigenvalue weighted by molar-refractivity contribution is 4.95. The van der Waals surface area contributed by atoms with E-state index in [1.807, 2.05) is 11.7 Å². The summed E-state index contributed by atoms with van der Waals surface area (Å²) in [6.07, 6.45) is 6.54. The van der Waals surface area contributed by atoms with Gasteiger partial charge in [0.2, 0.25) is 0 Å². The SMILES string of the molecule is CCCn1ncnc1CC(NC)C1CC1. The third-order valence-electron chi connectivity index (χ3n) is 3.10. The van der Waals surface area contributed by atoms with Gasteiger partial charge in [-0.3, -0.25) is 4.68 Å². The Labute approximate surface area is 91.1 Å². The van der Waals surface area contributed by atoms with E-state index in [0.717, 1.165) is 31.1 Å². The lowest BCUT2D eigenvalue weighted by Crippen LogP contribution is -2.31. The molecule has 1 aliphatic carbocycles. The van der Waals surface area contributed by atoms with E-state index < -0.39 is 0 Å². The summed E-state index contributed by atoms with van der Waals surface area (Å²) in [5, 5.41) is 7.64. The standard InChI is InChI=1S/C11H20N4/c1-3-6-15-11(13-8-14-15)7-10(12-2)9-4-5-9/h8-10,12H,3-7H2,1-2H3. The van der Waals surface area contributed by atoms with Gasteiger partial charge in [0.25, 0.3) is 0 Å². The molecule has 0 saturated heterocycles. The van der Waals surface area contributed by atoms with Crippen LogP contribution in [0.15, 0.2) is 6.33 Å². The maximum Gasteiger partial charge on any atom is 0.138 e. The minimum absolute atomic E-state index is 0.588. The first-order valence-electron chi connectivity index (χ1n) is 5.89. The fraction of sp³-hybridized carbons (Fsp3) is 0.818. The molecular weight excluding hydrogens is 188 g/mol. The third-order valence-corrected chi connectivity index (χ3v) is 3.10. The second-order valence-electron chi connectivity index (χ2n) is 4.34. The first-order valence-corrected chi connectivity index (χ1v) is 5.89. The van der Waals surface area contributed by atoms with E-state index in [0.29, 0.717) is 6.04 Å². The van der Waals surface area contributed by atoms with Crippen LogP contribution in [0.5, 0.6) is 0 Å². The van der Waals surface area contributed by atoms with Gasteiger partial charge in [-0.25, -0.2) is 4.98 Å². The fourth-order valence-corrected chi connectivity index (χ4v) is 2.04. The van der Waals surface area contributed by atoms with Gasteiger partial charge in [0, 0.05) is 19.0 Å². The molecule has 1 saturated carbocycles. The molecule has 0 aromatic carbocycles. The van der Waals surface area contributed by atoms with Gasteiger partial charge in [-0.1, -0.05) is 6.92 Å². The van der Waals surface area contributed by atoms with Crippen LogP contribution in [0.3, 0.4) is 0 Å². The molecule has 1 atom stereocenters. The minimum Gasteiger partial charge on any atom is -0.316 e. The molecule has 1 unspecified atom stereocenters. The van der Waals surface area contributed by atoms with E-state index in [-0.39, 0.29) is 0 Å². The van der Waals surface area contributed by atoms with Crippen molar-refractivity contribution >= 4 is 0 Å². The molecule has 1 aromatic heterocycles. The Morgan fingerprint density at radius 2 is 2.40 bits per heavy atom. The normalized spacial score (nSPS) is 18.0. The Bertz CT molecular complexity index is 303.